The highest BCUT2D eigenvalue weighted by molar-refractivity contribution is 7.09. The van der Waals surface area contributed by atoms with Gasteiger partial charge in [-0.25, -0.2) is 4.98 Å². The number of likely N-dealkylation sites (tertiary alicyclic amines) is 1. The van der Waals surface area contributed by atoms with Gasteiger partial charge in [0.15, 0.2) is 6.10 Å². The summed E-state index contributed by atoms with van der Waals surface area (Å²) < 4.78 is 5.94. The highest BCUT2D eigenvalue weighted by atomic mass is 32.1. The Balaban J connectivity index is 1.95. The molecule has 2 aromatic rings. The summed E-state index contributed by atoms with van der Waals surface area (Å²) in [6.45, 7) is 15.7. The summed E-state index contributed by atoms with van der Waals surface area (Å²) in [5.74, 6) is -3.17. The minimum atomic E-state index is -1.17. The Bertz CT molecular complexity index is 1780. The van der Waals surface area contributed by atoms with Crippen LogP contribution >= 0.6 is 11.3 Å². The molecule has 1 fully saturated rings. The van der Waals surface area contributed by atoms with E-state index >= 15 is 0 Å². The van der Waals surface area contributed by atoms with Crippen molar-refractivity contribution in [3.05, 3.63) is 45.9 Å². The maximum Gasteiger partial charge on any atom is 0.322 e. The molecule has 15 nitrogen and oxygen atoms in total. The number of carbonyl (C=O) groups excluding carboxylic acids is 5. The van der Waals surface area contributed by atoms with Gasteiger partial charge in [0.1, 0.15) is 23.3 Å². The molecule has 0 unspecified atom stereocenters. The molecule has 0 bridgehead atoms. The number of carbonyl (C=O) groups is 6. The normalized spacial score (nSPS) is 17.0. The van der Waals surface area contributed by atoms with Crippen molar-refractivity contribution in [2.75, 3.05) is 32.4 Å². The van der Waals surface area contributed by atoms with Gasteiger partial charge in [-0.2, -0.15) is 0 Å². The highest BCUT2D eigenvalue weighted by Gasteiger charge is 2.39. The zero-order chi connectivity index (χ0) is 46.1. The van der Waals surface area contributed by atoms with Crippen molar-refractivity contribution in [2.24, 2.45) is 17.3 Å². The summed E-state index contributed by atoms with van der Waals surface area (Å²) in [4.78, 5) is 88.2. The van der Waals surface area contributed by atoms with Gasteiger partial charge < -0.3 is 36.4 Å². The summed E-state index contributed by atoms with van der Waals surface area (Å²) in [5.41, 5.74) is 6.40. The smallest absolute Gasteiger partial charge is 0.322 e. The zero-order valence-electron chi connectivity index (χ0n) is 38.5. The van der Waals surface area contributed by atoms with Gasteiger partial charge in [-0.05, 0) is 75.2 Å². The van der Waals surface area contributed by atoms with Crippen LogP contribution in [-0.2, 0) is 35.1 Å². The second kappa shape index (κ2) is 24.9. The molecule has 6 atom stereocenters. The second-order valence-electron chi connectivity index (χ2n) is 18.0. The van der Waals surface area contributed by atoms with Crippen LogP contribution in [0.1, 0.15) is 147 Å². The number of piperidine rings is 1. The maximum atomic E-state index is 14.9. The topological polar surface area (TPSA) is 213 Å². The number of aromatic nitrogens is 1. The number of ether oxygens (including phenoxy) is 1. The predicted octanol–water partition coefficient (Wildman–Crippen LogP) is 6.13. The lowest BCUT2D eigenvalue weighted by Gasteiger charge is -2.40. The molecule has 0 aliphatic carbocycles. The van der Waals surface area contributed by atoms with Crippen molar-refractivity contribution in [3.63, 3.8) is 0 Å². The molecule has 62 heavy (non-hydrogen) atoms. The Hall–Kier alpha value is -4.57. The molecule has 16 heteroatoms. The van der Waals surface area contributed by atoms with Crippen LogP contribution in [0.5, 0.6) is 0 Å². The minimum Gasteiger partial charge on any atom is -0.480 e. The van der Waals surface area contributed by atoms with E-state index in [4.69, 9.17) is 20.6 Å². The van der Waals surface area contributed by atoms with Gasteiger partial charge in [0.05, 0.1) is 6.04 Å². The first-order valence-electron chi connectivity index (χ1n) is 22.4. The molecule has 1 aliphatic rings. The van der Waals surface area contributed by atoms with Gasteiger partial charge in [-0.3, -0.25) is 33.7 Å². The fraction of sp³-hybridized carbons (Fsp3) is 0.674. The van der Waals surface area contributed by atoms with Crippen LogP contribution in [0.4, 0.5) is 5.69 Å². The molecule has 0 saturated carbocycles. The van der Waals surface area contributed by atoms with E-state index in [1.54, 1.807) is 31.4 Å². The van der Waals surface area contributed by atoms with Crippen molar-refractivity contribution >= 4 is 52.6 Å². The molecule has 1 aliphatic heterocycles. The Morgan fingerprint density at radius 2 is 1.73 bits per heavy atom. The van der Waals surface area contributed by atoms with Gasteiger partial charge in [0.2, 0.25) is 17.7 Å². The zero-order valence-corrected chi connectivity index (χ0v) is 39.3. The first-order valence-corrected chi connectivity index (χ1v) is 23.2. The highest BCUT2D eigenvalue weighted by Crippen LogP contribution is 2.32. The van der Waals surface area contributed by atoms with Gasteiger partial charge in [-0.1, -0.05) is 92.7 Å². The number of unbranched alkanes of at least 4 members (excludes halogenated alkanes) is 3. The maximum absolute atomic E-state index is 14.9. The monoisotopic (exact) mass is 884 g/mol. The number of rotatable bonds is 25. The number of likely N-dealkylation sites (N-methyl/N-ethyl adjacent to an activating group) is 1. The van der Waals surface area contributed by atoms with E-state index in [1.165, 1.54) is 18.3 Å². The largest absolute Gasteiger partial charge is 0.480 e. The number of anilines is 1. The molecular formula is C46H73N7O8S. The Morgan fingerprint density at radius 1 is 1.03 bits per heavy atom. The number of esters is 1. The number of aliphatic carboxylic acids is 1. The van der Waals surface area contributed by atoms with Crippen molar-refractivity contribution in [2.45, 2.75) is 156 Å². The van der Waals surface area contributed by atoms with E-state index in [2.05, 4.69) is 27.8 Å². The minimum absolute atomic E-state index is 0.0752. The number of nitrogens with zero attached hydrogens (tertiary/aromatic N) is 3. The fourth-order valence-corrected chi connectivity index (χ4v) is 8.90. The Labute approximate surface area is 372 Å². The third kappa shape index (κ3) is 16.0. The van der Waals surface area contributed by atoms with Crippen LogP contribution in [0.15, 0.2) is 29.6 Å². The average molecular weight is 884 g/mol. The van der Waals surface area contributed by atoms with Crippen LogP contribution in [0.3, 0.4) is 0 Å². The molecule has 346 valence electrons. The molecule has 1 aromatic heterocycles. The second-order valence-corrected chi connectivity index (χ2v) is 18.8. The molecule has 0 spiro atoms. The lowest BCUT2D eigenvalue weighted by molar-refractivity contribution is -0.149. The van der Waals surface area contributed by atoms with Crippen LogP contribution in [0.2, 0.25) is 0 Å². The Morgan fingerprint density at radius 3 is 2.32 bits per heavy atom. The number of nitrogens with one attached hydrogen (secondary N) is 3. The van der Waals surface area contributed by atoms with E-state index in [9.17, 15) is 28.8 Å². The number of benzene rings is 1. The summed E-state index contributed by atoms with van der Waals surface area (Å²) in [5, 5.41) is 19.8. The predicted molar refractivity (Wildman–Crippen MR) is 242 cm³/mol. The molecule has 2 heterocycles. The first-order chi connectivity index (χ1) is 29.3. The van der Waals surface area contributed by atoms with Gasteiger partial charge in [-0.15, -0.1) is 11.3 Å². The third-order valence-electron chi connectivity index (χ3n) is 11.9. The van der Waals surface area contributed by atoms with E-state index in [0.717, 1.165) is 57.1 Å². The quantitative estimate of drug-likeness (QED) is 0.0435. The van der Waals surface area contributed by atoms with Crippen molar-refractivity contribution in [3.8, 4) is 0 Å². The van der Waals surface area contributed by atoms with Crippen molar-refractivity contribution < 1.29 is 38.6 Å². The average Bonchev–Trinajstić information content (AvgIpc) is 3.72. The molecule has 6 N–H and O–H groups in total. The van der Waals surface area contributed by atoms with E-state index in [1.807, 2.05) is 51.8 Å². The summed E-state index contributed by atoms with van der Waals surface area (Å²) in [7, 11) is 1.95. The van der Waals surface area contributed by atoms with Crippen LogP contribution in [-0.4, -0.2) is 106 Å². The molecule has 4 amide bonds. The lowest BCUT2D eigenvalue weighted by Crippen LogP contribution is -2.59. The fourth-order valence-electron chi connectivity index (χ4n) is 8.06. The van der Waals surface area contributed by atoms with Crippen LogP contribution < -0.4 is 21.7 Å². The molecule has 1 aromatic carbocycles. The molecule has 0 radical (unpaired) electrons. The molecule has 1 saturated heterocycles. The van der Waals surface area contributed by atoms with Gasteiger partial charge in [0.25, 0.3) is 5.91 Å². The van der Waals surface area contributed by atoms with E-state index < -0.39 is 59.9 Å². The van der Waals surface area contributed by atoms with E-state index in [0.29, 0.717) is 30.1 Å². The van der Waals surface area contributed by atoms with Gasteiger partial charge in [0, 0.05) is 48.5 Å². The van der Waals surface area contributed by atoms with Crippen LogP contribution in [0, 0.1) is 17.3 Å². The van der Waals surface area contributed by atoms with E-state index in [-0.39, 0.29) is 48.2 Å². The number of carboxylic acid groups (broad SMARTS) is 1. The SMILES string of the molecule is CCCCCCN(C(=O)[C@H](NC(=O)[C@@H]1CCCCN1C)[C@H](C)CC)[C@@H](C[C@H](OC(C)=O)c1nc(C(=O)N[C@H](Cc2ccc(N)cc2)CC(C)(C)C(=O)NCC(=O)O)cs1)C(C)C. The number of hydrogen-bond donors (Lipinski definition) is 5. The number of thiazole rings is 1. The van der Waals surface area contributed by atoms with Crippen molar-refractivity contribution in [1.29, 1.82) is 0 Å². The van der Waals surface area contributed by atoms with Gasteiger partial charge >= 0.3 is 11.9 Å². The van der Waals surface area contributed by atoms with Crippen molar-refractivity contribution in [1.82, 2.24) is 30.7 Å². The lowest BCUT2D eigenvalue weighted by atomic mass is 9.82. The molecule has 3 rings (SSSR count). The Kier molecular flexibility index (Phi) is 20.8. The number of nitrogen functional groups attached to an aromatic ring is 1. The third-order valence-corrected chi connectivity index (χ3v) is 12.9. The first kappa shape index (κ1) is 51.8. The molecular weight excluding hydrogens is 811 g/mol. The number of hydrogen-bond acceptors (Lipinski definition) is 11. The summed E-state index contributed by atoms with van der Waals surface area (Å²) in [6, 6.07) is 5.17. The number of carboxylic acids is 1. The standard InChI is InChI=1S/C46H73N7O8S/c1-10-12-13-15-23-53(44(59)40(30(5)11-2)51-42(58)36-17-14-16-22-52(36)9)37(29(3)4)25-38(61-31(6)54)43-50-35(28-62-43)41(57)49-34(24-32-18-20-33(47)21-19-32)26-46(7,8)45(60)48-27-39(55)56/h18-21,28-30,34,36-38,40H,10-17,22-27,47H2,1-9H3,(H,48,60)(H,49,57)(H,51,58)(H,55,56)/t30-,34-,36+,37+,38+,40-/m1/s1. The number of nitrogens with two attached hydrogens (primary N) is 1. The number of amides is 4. The van der Waals surface area contributed by atoms with Crippen LogP contribution in [0.25, 0.3) is 0 Å². The summed E-state index contributed by atoms with van der Waals surface area (Å²) in [6.07, 6.45) is 7.02. The summed E-state index contributed by atoms with van der Waals surface area (Å²) >= 11 is 1.18.